The Hall–Kier alpha value is -1.26. The molecule has 0 aromatic rings. The molecule has 0 bridgehead atoms. The van der Waals surface area contributed by atoms with Crippen LogP contribution in [0.15, 0.2) is 0 Å². The van der Waals surface area contributed by atoms with Crippen LogP contribution >= 0.6 is 0 Å². The molecule has 4 atom stereocenters. The van der Waals surface area contributed by atoms with E-state index in [4.69, 9.17) is 5.11 Å². The Morgan fingerprint density at radius 1 is 1.33 bits per heavy atom. The fourth-order valence-corrected chi connectivity index (χ4v) is 2.82. The van der Waals surface area contributed by atoms with Gasteiger partial charge in [-0.25, -0.2) is 4.79 Å². The maximum atomic E-state index is 12.0. The molecule has 1 heterocycles. The first-order chi connectivity index (χ1) is 8.51. The van der Waals surface area contributed by atoms with E-state index in [0.29, 0.717) is 31.5 Å². The van der Waals surface area contributed by atoms with Crippen molar-refractivity contribution < 1.29 is 14.7 Å². The van der Waals surface area contributed by atoms with E-state index in [9.17, 15) is 9.59 Å². The van der Waals surface area contributed by atoms with E-state index >= 15 is 0 Å². The van der Waals surface area contributed by atoms with Gasteiger partial charge in [0.1, 0.15) is 0 Å². The summed E-state index contributed by atoms with van der Waals surface area (Å²) in [7, 11) is 0. The van der Waals surface area contributed by atoms with Gasteiger partial charge in [0.05, 0.1) is 5.92 Å². The third kappa shape index (κ3) is 2.94. The van der Waals surface area contributed by atoms with Gasteiger partial charge in [-0.2, -0.15) is 0 Å². The van der Waals surface area contributed by atoms with Gasteiger partial charge in [-0.1, -0.05) is 20.3 Å². The minimum absolute atomic E-state index is 0.0891. The molecule has 2 unspecified atom stereocenters. The first-order valence-electron chi connectivity index (χ1n) is 6.79. The van der Waals surface area contributed by atoms with Crippen LogP contribution in [0.4, 0.5) is 4.79 Å². The van der Waals surface area contributed by atoms with Crippen LogP contribution in [0.2, 0.25) is 0 Å². The Morgan fingerprint density at radius 2 is 2.06 bits per heavy atom. The highest BCUT2D eigenvalue weighted by atomic mass is 16.4. The number of nitrogens with one attached hydrogen (secondary N) is 1. The largest absolute Gasteiger partial charge is 0.481 e. The second-order valence-corrected chi connectivity index (χ2v) is 5.74. The SMILES string of the molecule is CC[C@@H]1C[C@H]1NC(=O)N1CC(C)CC(C(=O)O)C1. The lowest BCUT2D eigenvalue weighted by molar-refractivity contribution is -0.143. The van der Waals surface area contributed by atoms with Crippen LogP contribution in [0.25, 0.3) is 0 Å². The Labute approximate surface area is 108 Å². The Morgan fingerprint density at radius 3 is 2.61 bits per heavy atom. The normalized spacial score (nSPS) is 35.1. The number of likely N-dealkylation sites (tertiary alicyclic amines) is 1. The van der Waals surface area contributed by atoms with Gasteiger partial charge in [-0.3, -0.25) is 4.79 Å². The summed E-state index contributed by atoms with van der Waals surface area (Å²) in [5.41, 5.74) is 0. The zero-order chi connectivity index (χ0) is 13.3. The minimum Gasteiger partial charge on any atom is -0.481 e. The number of nitrogens with zero attached hydrogens (tertiary/aromatic N) is 1. The molecule has 18 heavy (non-hydrogen) atoms. The van der Waals surface area contributed by atoms with Gasteiger partial charge < -0.3 is 15.3 Å². The molecule has 1 aliphatic heterocycles. The van der Waals surface area contributed by atoms with Crippen molar-refractivity contribution in [3.8, 4) is 0 Å². The highest BCUT2D eigenvalue weighted by Gasteiger charge is 2.39. The van der Waals surface area contributed by atoms with E-state index in [1.165, 1.54) is 0 Å². The summed E-state index contributed by atoms with van der Waals surface area (Å²) < 4.78 is 0. The van der Waals surface area contributed by atoms with E-state index in [2.05, 4.69) is 12.2 Å². The molecule has 102 valence electrons. The van der Waals surface area contributed by atoms with Crippen LogP contribution in [0.1, 0.15) is 33.1 Å². The maximum Gasteiger partial charge on any atom is 0.317 e. The number of hydrogen-bond donors (Lipinski definition) is 2. The third-order valence-electron chi connectivity index (χ3n) is 4.05. The molecule has 5 nitrogen and oxygen atoms in total. The summed E-state index contributed by atoms with van der Waals surface area (Å²) in [6, 6.07) is 0.219. The standard InChI is InChI=1S/C13H22N2O3/c1-3-9-5-11(9)14-13(18)15-6-8(2)4-10(7-15)12(16)17/h8-11H,3-7H2,1-2H3,(H,14,18)(H,16,17)/t8?,9-,10?,11-/m1/s1. The summed E-state index contributed by atoms with van der Waals surface area (Å²) in [6.45, 7) is 5.13. The van der Waals surface area contributed by atoms with E-state index < -0.39 is 11.9 Å². The number of hydrogen-bond acceptors (Lipinski definition) is 2. The van der Waals surface area contributed by atoms with Crippen molar-refractivity contribution in [2.75, 3.05) is 13.1 Å². The van der Waals surface area contributed by atoms with Gasteiger partial charge in [0.15, 0.2) is 0 Å². The summed E-state index contributed by atoms with van der Waals surface area (Å²) >= 11 is 0. The number of rotatable bonds is 3. The van der Waals surface area contributed by atoms with Crippen molar-refractivity contribution in [3.63, 3.8) is 0 Å². The van der Waals surface area contributed by atoms with Crippen LogP contribution in [0.5, 0.6) is 0 Å². The van der Waals surface area contributed by atoms with E-state index in [1.807, 2.05) is 6.92 Å². The van der Waals surface area contributed by atoms with Crippen molar-refractivity contribution in [1.82, 2.24) is 10.2 Å². The fourth-order valence-electron chi connectivity index (χ4n) is 2.82. The fraction of sp³-hybridized carbons (Fsp3) is 0.846. The van der Waals surface area contributed by atoms with Crippen molar-refractivity contribution in [2.24, 2.45) is 17.8 Å². The van der Waals surface area contributed by atoms with Gasteiger partial charge in [-0.05, 0) is 24.7 Å². The van der Waals surface area contributed by atoms with Crippen LogP contribution in [0, 0.1) is 17.8 Å². The summed E-state index contributed by atoms with van der Waals surface area (Å²) in [6.07, 6.45) is 2.83. The molecule has 2 aliphatic rings. The second kappa shape index (κ2) is 5.16. The van der Waals surface area contributed by atoms with Crippen molar-refractivity contribution in [1.29, 1.82) is 0 Å². The number of carbonyl (C=O) groups excluding carboxylic acids is 1. The molecule has 0 radical (unpaired) electrons. The molecule has 2 rings (SSSR count). The number of urea groups is 1. The first-order valence-corrected chi connectivity index (χ1v) is 6.79. The molecule has 2 fully saturated rings. The lowest BCUT2D eigenvalue weighted by Crippen LogP contribution is -2.50. The molecule has 0 spiro atoms. The Balaban J connectivity index is 1.87. The van der Waals surface area contributed by atoms with E-state index in [0.717, 1.165) is 12.8 Å². The van der Waals surface area contributed by atoms with Gasteiger partial charge in [0, 0.05) is 19.1 Å². The van der Waals surface area contributed by atoms with Crippen molar-refractivity contribution in [3.05, 3.63) is 0 Å². The minimum atomic E-state index is -0.794. The van der Waals surface area contributed by atoms with Crippen LogP contribution in [-0.4, -0.2) is 41.1 Å². The predicted octanol–water partition coefficient (Wildman–Crippen LogP) is 1.54. The monoisotopic (exact) mass is 254 g/mol. The van der Waals surface area contributed by atoms with E-state index in [1.54, 1.807) is 4.90 Å². The molecule has 0 aromatic heterocycles. The second-order valence-electron chi connectivity index (χ2n) is 5.74. The lowest BCUT2D eigenvalue weighted by atomic mass is 9.91. The van der Waals surface area contributed by atoms with Gasteiger partial charge in [-0.15, -0.1) is 0 Å². The smallest absolute Gasteiger partial charge is 0.317 e. The lowest BCUT2D eigenvalue weighted by Gasteiger charge is -2.34. The van der Waals surface area contributed by atoms with Crippen LogP contribution in [0.3, 0.4) is 0 Å². The van der Waals surface area contributed by atoms with Crippen LogP contribution < -0.4 is 5.32 Å². The number of aliphatic carboxylic acids is 1. The topological polar surface area (TPSA) is 69.6 Å². The van der Waals surface area contributed by atoms with Gasteiger partial charge >= 0.3 is 12.0 Å². The highest BCUT2D eigenvalue weighted by Crippen LogP contribution is 2.33. The molecule has 1 aliphatic carbocycles. The van der Waals surface area contributed by atoms with Crippen LogP contribution in [-0.2, 0) is 4.79 Å². The summed E-state index contributed by atoms with van der Waals surface area (Å²) in [5, 5.41) is 12.1. The number of piperidine rings is 1. The van der Waals surface area contributed by atoms with Crippen molar-refractivity contribution in [2.45, 2.75) is 39.2 Å². The molecule has 2 N–H and O–H groups in total. The molecule has 1 saturated carbocycles. The summed E-state index contributed by atoms with van der Waals surface area (Å²) in [4.78, 5) is 24.8. The number of amides is 2. The van der Waals surface area contributed by atoms with Gasteiger partial charge in [0.25, 0.3) is 0 Å². The molecule has 5 heteroatoms. The molecular weight excluding hydrogens is 232 g/mol. The number of carboxylic acids is 1. The quantitative estimate of drug-likeness (QED) is 0.802. The molecule has 1 saturated heterocycles. The van der Waals surface area contributed by atoms with Crippen molar-refractivity contribution >= 4 is 12.0 Å². The average molecular weight is 254 g/mol. The Kier molecular flexibility index (Phi) is 3.78. The van der Waals surface area contributed by atoms with E-state index in [-0.39, 0.29) is 11.9 Å². The maximum absolute atomic E-state index is 12.0. The number of carbonyl (C=O) groups is 2. The first kappa shape index (κ1) is 13.2. The predicted molar refractivity (Wildman–Crippen MR) is 67.2 cm³/mol. The van der Waals surface area contributed by atoms with Gasteiger partial charge in [0.2, 0.25) is 0 Å². The average Bonchev–Trinajstić information content (AvgIpc) is 3.06. The molecular formula is C13H22N2O3. The zero-order valence-corrected chi connectivity index (χ0v) is 11.1. The third-order valence-corrected chi connectivity index (χ3v) is 4.05. The molecule has 0 aromatic carbocycles. The number of carboxylic acid groups (broad SMARTS) is 1. The zero-order valence-electron chi connectivity index (χ0n) is 11.1. The highest BCUT2D eigenvalue weighted by molar-refractivity contribution is 5.77. The Bertz CT molecular complexity index is 345. The molecule has 2 amide bonds. The summed E-state index contributed by atoms with van der Waals surface area (Å²) in [5.74, 6) is -0.337.